The van der Waals surface area contributed by atoms with Crippen molar-refractivity contribution in [1.29, 1.82) is 0 Å². The van der Waals surface area contributed by atoms with E-state index in [0.29, 0.717) is 29.9 Å². The lowest BCUT2D eigenvalue weighted by Crippen LogP contribution is -2.15. The largest absolute Gasteiger partial charge is 0.508 e. The van der Waals surface area contributed by atoms with Crippen molar-refractivity contribution in [3.8, 4) is 11.4 Å². The molecule has 0 spiro atoms. The maximum atomic E-state index is 13.3. The van der Waals surface area contributed by atoms with Crippen LogP contribution in [0.15, 0.2) is 65.6 Å². The summed E-state index contributed by atoms with van der Waals surface area (Å²) in [6, 6.07) is 17.0. The highest BCUT2D eigenvalue weighted by molar-refractivity contribution is 7.90. The third-order valence-electron chi connectivity index (χ3n) is 6.49. The number of phenolic OH excluding ortho intramolecular Hbond substituents is 1. The highest BCUT2D eigenvalue weighted by atomic mass is 32.2. The van der Waals surface area contributed by atoms with Gasteiger partial charge in [0.1, 0.15) is 5.75 Å². The molecule has 0 atom stereocenters. The third kappa shape index (κ3) is 4.35. The minimum absolute atomic E-state index is 0.154. The summed E-state index contributed by atoms with van der Waals surface area (Å²) in [5.74, 6) is -0.320. The average molecular weight is 518 g/mol. The number of hydrogen-bond acceptors (Lipinski definition) is 6. The van der Waals surface area contributed by atoms with Gasteiger partial charge in [-0.3, -0.25) is 0 Å². The summed E-state index contributed by atoms with van der Waals surface area (Å²) >= 11 is 0. The minimum atomic E-state index is -3.76. The van der Waals surface area contributed by atoms with E-state index in [0.717, 1.165) is 22.4 Å². The van der Waals surface area contributed by atoms with Crippen LogP contribution in [0.5, 0.6) is 5.75 Å². The molecule has 0 amide bonds. The van der Waals surface area contributed by atoms with Crippen LogP contribution >= 0.6 is 0 Å². The van der Waals surface area contributed by atoms with Crippen LogP contribution in [-0.2, 0) is 21.2 Å². The number of esters is 1. The zero-order valence-corrected chi connectivity index (χ0v) is 21.6. The SMILES string of the molecule is CCOC(=O)c1nn(-c2ccc(S(=O)(=O)n3c(C)ccc3C)cc2)c2c1CCC(c1cccc(O)c1)=C2. The van der Waals surface area contributed by atoms with Gasteiger partial charge < -0.3 is 9.84 Å². The van der Waals surface area contributed by atoms with Crippen molar-refractivity contribution in [2.75, 3.05) is 6.61 Å². The first-order valence-corrected chi connectivity index (χ1v) is 13.4. The lowest BCUT2D eigenvalue weighted by Gasteiger charge is -2.16. The van der Waals surface area contributed by atoms with Gasteiger partial charge in [-0.1, -0.05) is 12.1 Å². The van der Waals surface area contributed by atoms with Crippen molar-refractivity contribution >= 4 is 27.6 Å². The van der Waals surface area contributed by atoms with Gasteiger partial charge in [0.2, 0.25) is 0 Å². The molecule has 2 heterocycles. The molecule has 0 aliphatic heterocycles. The number of hydrogen-bond donors (Lipinski definition) is 1. The third-order valence-corrected chi connectivity index (χ3v) is 8.41. The van der Waals surface area contributed by atoms with Gasteiger partial charge in [0, 0.05) is 17.0 Å². The van der Waals surface area contributed by atoms with Crippen LogP contribution in [0, 0.1) is 13.8 Å². The highest BCUT2D eigenvalue weighted by Gasteiger charge is 2.27. The van der Waals surface area contributed by atoms with Crippen LogP contribution in [0.25, 0.3) is 17.3 Å². The molecule has 1 aliphatic carbocycles. The van der Waals surface area contributed by atoms with Gasteiger partial charge in [0.25, 0.3) is 10.0 Å². The molecule has 9 heteroatoms. The monoisotopic (exact) mass is 517 g/mol. The number of fused-ring (bicyclic) bond motifs is 1. The summed E-state index contributed by atoms with van der Waals surface area (Å²) in [7, 11) is -3.76. The molecule has 37 heavy (non-hydrogen) atoms. The fourth-order valence-corrected chi connectivity index (χ4v) is 6.32. The van der Waals surface area contributed by atoms with E-state index in [2.05, 4.69) is 5.10 Å². The first-order valence-electron chi connectivity index (χ1n) is 12.0. The van der Waals surface area contributed by atoms with E-state index in [1.165, 1.54) is 3.97 Å². The fraction of sp³-hybridized carbons (Fsp3) is 0.214. The Bertz CT molecular complexity index is 1620. The number of carbonyl (C=O) groups excluding carboxylic acids is 1. The molecule has 8 nitrogen and oxygen atoms in total. The van der Waals surface area contributed by atoms with Crippen LogP contribution in [0.4, 0.5) is 0 Å². The van der Waals surface area contributed by atoms with Gasteiger partial charge in [0.05, 0.1) is 22.9 Å². The van der Waals surface area contributed by atoms with E-state index >= 15 is 0 Å². The first-order chi connectivity index (χ1) is 17.7. The first kappa shape index (κ1) is 24.6. The van der Waals surface area contributed by atoms with Crippen molar-refractivity contribution in [1.82, 2.24) is 13.8 Å². The van der Waals surface area contributed by atoms with Crippen LogP contribution < -0.4 is 0 Å². The number of rotatable bonds is 6. The van der Waals surface area contributed by atoms with Gasteiger partial charge in [-0.05, 0) is 99.4 Å². The van der Waals surface area contributed by atoms with E-state index in [-0.39, 0.29) is 22.9 Å². The lowest BCUT2D eigenvalue weighted by molar-refractivity contribution is 0.0517. The summed E-state index contributed by atoms with van der Waals surface area (Å²) in [4.78, 5) is 12.9. The lowest BCUT2D eigenvalue weighted by atomic mass is 9.91. The molecular formula is C28H27N3O5S. The second kappa shape index (κ2) is 9.40. The summed E-state index contributed by atoms with van der Waals surface area (Å²) in [5, 5.41) is 14.5. The number of nitrogens with zero attached hydrogens (tertiary/aromatic N) is 3. The van der Waals surface area contributed by atoms with Crippen LogP contribution in [0.1, 0.15) is 52.0 Å². The molecule has 2 aromatic carbocycles. The van der Waals surface area contributed by atoms with E-state index in [1.807, 2.05) is 12.1 Å². The maximum Gasteiger partial charge on any atom is 0.359 e. The van der Waals surface area contributed by atoms with Gasteiger partial charge in [-0.25, -0.2) is 21.9 Å². The topological polar surface area (TPSA) is 103 Å². The Morgan fingerprint density at radius 2 is 1.73 bits per heavy atom. The molecule has 0 radical (unpaired) electrons. The number of ether oxygens (including phenoxy) is 1. The predicted octanol–water partition coefficient (Wildman–Crippen LogP) is 4.90. The Kier molecular flexibility index (Phi) is 6.25. The molecule has 2 aromatic heterocycles. The Morgan fingerprint density at radius 1 is 1.03 bits per heavy atom. The zero-order chi connectivity index (χ0) is 26.3. The van der Waals surface area contributed by atoms with E-state index in [1.54, 1.807) is 80.1 Å². The standard InChI is InChI=1S/C28H27N3O5S/c1-4-36-28(33)27-25-15-10-21(20-6-5-7-23(32)16-20)17-26(25)30(29-27)22-11-13-24(14-12-22)37(34,35)31-18(2)8-9-19(31)3/h5-9,11-14,16-17,32H,4,10,15H2,1-3H3. The summed E-state index contributed by atoms with van der Waals surface area (Å²) in [6.45, 7) is 5.48. The van der Waals surface area contributed by atoms with Crippen LogP contribution in [-0.4, -0.2) is 39.9 Å². The van der Waals surface area contributed by atoms with Crippen molar-refractivity contribution in [3.05, 3.63) is 94.6 Å². The number of aromatic nitrogens is 3. The van der Waals surface area contributed by atoms with Crippen molar-refractivity contribution in [3.63, 3.8) is 0 Å². The molecule has 4 aromatic rings. The number of carbonyl (C=O) groups is 1. The van der Waals surface area contributed by atoms with Crippen LogP contribution in [0.3, 0.4) is 0 Å². The molecule has 1 aliphatic rings. The summed E-state index contributed by atoms with van der Waals surface area (Å²) in [5.41, 5.74) is 5.50. The van der Waals surface area contributed by atoms with Crippen molar-refractivity contribution in [2.24, 2.45) is 0 Å². The number of phenols is 1. The molecule has 0 fully saturated rings. The van der Waals surface area contributed by atoms with Crippen molar-refractivity contribution < 1.29 is 23.1 Å². The quantitative estimate of drug-likeness (QED) is 0.365. The zero-order valence-electron chi connectivity index (χ0n) is 20.8. The molecule has 190 valence electrons. The molecular weight excluding hydrogens is 490 g/mol. The van der Waals surface area contributed by atoms with Crippen molar-refractivity contribution in [2.45, 2.75) is 38.5 Å². The molecule has 0 saturated heterocycles. The Hall–Kier alpha value is -4.11. The molecule has 5 rings (SSSR count). The highest BCUT2D eigenvalue weighted by Crippen LogP contribution is 2.35. The number of benzene rings is 2. The average Bonchev–Trinajstić information content (AvgIpc) is 3.43. The van der Waals surface area contributed by atoms with Gasteiger partial charge in [-0.15, -0.1) is 0 Å². The predicted molar refractivity (Wildman–Crippen MR) is 140 cm³/mol. The minimum Gasteiger partial charge on any atom is -0.508 e. The molecule has 1 N–H and O–H groups in total. The summed E-state index contributed by atoms with van der Waals surface area (Å²) < 4.78 is 34.7. The van der Waals surface area contributed by atoms with E-state index in [9.17, 15) is 18.3 Å². The van der Waals surface area contributed by atoms with E-state index in [4.69, 9.17) is 4.74 Å². The Labute approximate surface area is 215 Å². The number of allylic oxidation sites excluding steroid dienone is 1. The Morgan fingerprint density at radius 3 is 2.38 bits per heavy atom. The smallest absolute Gasteiger partial charge is 0.359 e. The van der Waals surface area contributed by atoms with Gasteiger partial charge in [-0.2, -0.15) is 5.10 Å². The van der Waals surface area contributed by atoms with E-state index < -0.39 is 16.0 Å². The number of aryl methyl sites for hydroxylation is 2. The van der Waals surface area contributed by atoms with Gasteiger partial charge in [0.15, 0.2) is 5.69 Å². The van der Waals surface area contributed by atoms with Gasteiger partial charge >= 0.3 is 5.97 Å². The second-order valence-electron chi connectivity index (χ2n) is 8.94. The maximum absolute atomic E-state index is 13.3. The summed E-state index contributed by atoms with van der Waals surface area (Å²) in [6.07, 6.45) is 3.20. The Balaban J connectivity index is 1.60. The van der Waals surface area contributed by atoms with Crippen LogP contribution in [0.2, 0.25) is 0 Å². The molecule has 0 bridgehead atoms. The second-order valence-corrected chi connectivity index (χ2v) is 10.7. The molecule has 0 unspecified atom stereocenters. The molecule has 0 saturated carbocycles. The normalized spacial score (nSPS) is 13.2. The fourth-order valence-electron chi connectivity index (χ4n) is 4.75. The number of aromatic hydroxyl groups is 1.